The molecular formula is C38H52N2O7Si. The summed E-state index contributed by atoms with van der Waals surface area (Å²) in [5.41, 5.74) is 2.52. The van der Waals surface area contributed by atoms with Gasteiger partial charge >= 0.3 is 11.7 Å². The summed E-state index contributed by atoms with van der Waals surface area (Å²) in [4.78, 5) is 37.7. The number of nitro benzene ring substituents is 1. The summed E-state index contributed by atoms with van der Waals surface area (Å²) in [6.07, 6.45) is 1.36. The van der Waals surface area contributed by atoms with Gasteiger partial charge in [-0.25, -0.2) is 4.79 Å². The summed E-state index contributed by atoms with van der Waals surface area (Å²) in [6, 6.07) is 20.6. The van der Waals surface area contributed by atoms with E-state index in [1.807, 2.05) is 54.6 Å². The summed E-state index contributed by atoms with van der Waals surface area (Å²) >= 11 is 0. The first kappa shape index (κ1) is 38.3. The fraction of sp³-hybridized carbons (Fsp3) is 0.474. The number of hydrogen-bond donors (Lipinski definition) is 1. The molecule has 3 aromatic rings. The first-order valence-electron chi connectivity index (χ1n) is 16.8. The van der Waals surface area contributed by atoms with E-state index in [1.165, 1.54) is 18.2 Å². The van der Waals surface area contributed by atoms with Crippen LogP contribution in [0.1, 0.15) is 90.2 Å². The average molecular weight is 677 g/mol. The van der Waals surface area contributed by atoms with E-state index in [0.29, 0.717) is 35.9 Å². The van der Waals surface area contributed by atoms with Gasteiger partial charge in [0.25, 0.3) is 14.2 Å². The number of nitrogens with zero attached hydrogens (tertiary/aromatic N) is 1. The van der Waals surface area contributed by atoms with Crippen LogP contribution in [0.25, 0.3) is 0 Å². The van der Waals surface area contributed by atoms with Crippen molar-refractivity contribution in [1.82, 2.24) is 5.32 Å². The summed E-state index contributed by atoms with van der Waals surface area (Å²) in [6.45, 7) is 19.0. The van der Waals surface area contributed by atoms with Crippen LogP contribution in [0.4, 0.5) is 5.69 Å². The molecule has 0 radical (unpaired) electrons. The topological polar surface area (TPSA) is 117 Å². The number of carbonyl (C=O) groups excluding carboxylic acids is 2. The number of nitro groups is 1. The maximum absolute atomic E-state index is 13.4. The van der Waals surface area contributed by atoms with E-state index in [1.54, 1.807) is 20.8 Å². The Kier molecular flexibility index (Phi) is 13.4. The Balaban J connectivity index is 1.72. The van der Waals surface area contributed by atoms with Crippen LogP contribution >= 0.6 is 0 Å². The van der Waals surface area contributed by atoms with E-state index in [4.69, 9.17) is 13.9 Å². The summed E-state index contributed by atoms with van der Waals surface area (Å²) in [5.74, 6) is -0.275. The predicted octanol–water partition coefficient (Wildman–Crippen LogP) is 8.84. The van der Waals surface area contributed by atoms with Gasteiger partial charge in [0.05, 0.1) is 11.5 Å². The zero-order valence-electron chi connectivity index (χ0n) is 29.9. The summed E-state index contributed by atoms with van der Waals surface area (Å²) in [5, 5.41) is 14.6. The van der Waals surface area contributed by atoms with Crippen LogP contribution in [0.2, 0.25) is 16.6 Å². The largest absolute Gasteiger partial charge is 0.543 e. The molecule has 0 saturated carbocycles. The number of rotatable bonds is 16. The highest BCUT2D eigenvalue weighted by atomic mass is 28.4. The van der Waals surface area contributed by atoms with Crippen LogP contribution in [-0.2, 0) is 22.4 Å². The standard InChI is InChI=1S/C38H52N2O7Si/c1-26(2)48(27(3)4,28(5)6)47-32-19-15-30(16-20-32)23-24-45-35-25-31(18-22-34(35)40(43)44)36(41)39-33(37(42)46-38(7,8)9)21-17-29-13-11-10-12-14-29/h10-16,18-20,22,25-28,33H,17,21,23-24H2,1-9H3,(H,39,41)/t33-/m0/s1. The fourth-order valence-electron chi connectivity index (χ4n) is 6.30. The lowest BCUT2D eigenvalue weighted by atomic mass is 10.0. The van der Waals surface area contributed by atoms with Crippen LogP contribution in [0, 0.1) is 10.1 Å². The highest BCUT2D eigenvalue weighted by Crippen LogP contribution is 2.42. The van der Waals surface area contributed by atoms with Crippen molar-refractivity contribution in [3.8, 4) is 11.5 Å². The Morgan fingerprint density at radius 2 is 1.42 bits per heavy atom. The Hall–Kier alpha value is -4.18. The van der Waals surface area contributed by atoms with Crippen molar-refractivity contribution in [1.29, 1.82) is 0 Å². The molecule has 0 unspecified atom stereocenters. The molecule has 1 amide bonds. The minimum atomic E-state index is -2.08. The molecule has 0 bridgehead atoms. The van der Waals surface area contributed by atoms with Crippen LogP contribution in [0.3, 0.4) is 0 Å². The van der Waals surface area contributed by atoms with Crippen molar-refractivity contribution in [2.45, 2.75) is 110 Å². The molecule has 0 aliphatic carbocycles. The van der Waals surface area contributed by atoms with E-state index < -0.39 is 36.8 Å². The predicted molar refractivity (Wildman–Crippen MR) is 192 cm³/mol. The van der Waals surface area contributed by atoms with Crippen molar-refractivity contribution in [3.63, 3.8) is 0 Å². The number of benzene rings is 3. The molecule has 48 heavy (non-hydrogen) atoms. The first-order chi connectivity index (χ1) is 22.5. The van der Waals surface area contributed by atoms with E-state index >= 15 is 0 Å². The molecule has 0 heterocycles. The van der Waals surface area contributed by atoms with Crippen molar-refractivity contribution in [3.05, 3.63) is 99.6 Å². The molecule has 0 aromatic heterocycles. The Labute approximate surface area is 286 Å². The molecule has 0 aliphatic rings. The summed E-state index contributed by atoms with van der Waals surface area (Å²) < 4.78 is 18.2. The highest BCUT2D eigenvalue weighted by Gasteiger charge is 2.47. The lowest BCUT2D eigenvalue weighted by Crippen LogP contribution is -2.50. The quantitative estimate of drug-likeness (QED) is 0.0697. The second-order valence-electron chi connectivity index (χ2n) is 14.2. The number of aryl methyl sites for hydroxylation is 1. The minimum Gasteiger partial charge on any atom is -0.543 e. The van der Waals surface area contributed by atoms with Gasteiger partial charge in [0, 0.05) is 24.1 Å². The molecule has 3 aromatic carbocycles. The van der Waals surface area contributed by atoms with Gasteiger partial charge in [0.2, 0.25) is 0 Å². The van der Waals surface area contributed by atoms with Gasteiger partial charge < -0.3 is 19.2 Å². The number of esters is 1. The van der Waals surface area contributed by atoms with E-state index in [-0.39, 0.29) is 23.6 Å². The number of ether oxygens (including phenoxy) is 2. The molecule has 260 valence electrons. The van der Waals surface area contributed by atoms with Crippen LogP contribution in [-0.4, -0.2) is 43.4 Å². The Bertz CT molecular complexity index is 1490. The number of nitrogens with one attached hydrogen (secondary N) is 1. The first-order valence-corrected chi connectivity index (χ1v) is 18.9. The second kappa shape index (κ2) is 16.8. The zero-order chi connectivity index (χ0) is 35.6. The molecule has 0 saturated heterocycles. The van der Waals surface area contributed by atoms with Crippen LogP contribution < -0.4 is 14.5 Å². The van der Waals surface area contributed by atoms with Gasteiger partial charge in [-0.2, -0.15) is 0 Å². The van der Waals surface area contributed by atoms with Gasteiger partial charge in [-0.05, 0) is 79.6 Å². The lowest BCUT2D eigenvalue weighted by Gasteiger charge is -2.42. The van der Waals surface area contributed by atoms with Gasteiger partial charge in [-0.1, -0.05) is 84.0 Å². The zero-order valence-corrected chi connectivity index (χ0v) is 30.9. The normalized spacial score (nSPS) is 12.6. The van der Waals surface area contributed by atoms with Crippen LogP contribution in [0.15, 0.2) is 72.8 Å². The molecule has 0 fully saturated rings. The molecule has 1 N–H and O–H groups in total. The van der Waals surface area contributed by atoms with E-state index in [9.17, 15) is 19.7 Å². The molecule has 0 aliphatic heterocycles. The smallest absolute Gasteiger partial charge is 0.329 e. The number of carbonyl (C=O) groups is 2. The summed E-state index contributed by atoms with van der Waals surface area (Å²) in [7, 11) is -2.08. The third kappa shape index (κ3) is 10.4. The number of amides is 1. The maximum atomic E-state index is 13.4. The van der Waals surface area contributed by atoms with Crippen LogP contribution in [0.5, 0.6) is 11.5 Å². The lowest BCUT2D eigenvalue weighted by molar-refractivity contribution is -0.385. The third-order valence-electron chi connectivity index (χ3n) is 8.55. The Morgan fingerprint density at radius 3 is 1.96 bits per heavy atom. The number of hydrogen-bond acceptors (Lipinski definition) is 7. The molecular weight excluding hydrogens is 625 g/mol. The monoisotopic (exact) mass is 676 g/mol. The van der Waals surface area contributed by atoms with Crippen molar-refractivity contribution >= 4 is 25.9 Å². The third-order valence-corrected chi connectivity index (χ3v) is 14.6. The van der Waals surface area contributed by atoms with Gasteiger partial charge in [0.15, 0.2) is 5.75 Å². The molecule has 9 nitrogen and oxygen atoms in total. The van der Waals surface area contributed by atoms with Crippen molar-refractivity contribution < 1.29 is 28.4 Å². The maximum Gasteiger partial charge on any atom is 0.329 e. The Morgan fingerprint density at radius 1 is 0.833 bits per heavy atom. The van der Waals surface area contributed by atoms with Crippen molar-refractivity contribution in [2.24, 2.45) is 0 Å². The van der Waals surface area contributed by atoms with Gasteiger partial charge in [0.1, 0.15) is 17.4 Å². The SMILES string of the molecule is CC(C)[Si](Oc1ccc(CCOc2cc(C(=O)N[C@@H](CCc3ccccc3)C(=O)OC(C)(C)C)ccc2[N+](=O)[O-])cc1)(C(C)C)C(C)C. The molecule has 1 atom stereocenters. The molecule has 10 heteroatoms. The van der Waals surface area contributed by atoms with Gasteiger partial charge in [-0.15, -0.1) is 0 Å². The van der Waals surface area contributed by atoms with Crippen molar-refractivity contribution in [2.75, 3.05) is 6.61 Å². The average Bonchev–Trinajstić information content (AvgIpc) is 3.01. The minimum absolute atomic E-state index is 0.0210. The van der Waals surface area contributed by atoms with Gasteiger partial charge in [-0.3, -0.25) is 14.9 Å². The molecule has 0 spiro atoms. The second-order valence-corrected chi connectivity index (χ2v) is 19.6. The van der Waals surface area contributed by atoms with E-state index in [0.717, 1.165) is 16.9 Å². The van der Waals surface area contributed by atoms with E-state index in [2.05, 4.69) is 46.9 Å². The molecule has 3 rings (SSSR count). The fourth-order valence-corrected chi connectivity index (χ4v) is 11.6. The highest BCUT2D eigenvalue weighted by molar-refractivity contribution is 6.78.